The number of hydrogen-bond donors (Lipinski definition) is 0. The average molecular weight is 207 g/mol. The highest BCUT2D eigenvalue weighted by Gasteiger charge is 2.14. The van der Waals surface area contributed by atoms with Crippen molar-refractivity contribution >= 4 is 6.29 Å². The van der Waals surface area contributed by atoms with Gasteiger partial charge in [0.2, 0.25) is 0 Å². The van der Waals surface area contributed by atoms with Gasteiger partial charge in [0.25, 0.3) is 0 Å². The largest absolute Gasteiger partial charge is 0.345 e. The van der Waals surface area contributed by atoms with Crippen LogP contribution in [-0.4, -0.2) is 10.9 Å². The van der Waals surface area contributed by atoms with Gasteiger partial charge in [-0.15, -0.1) is 0 Å². The number of rotatable bonds is 5. The number of aryl methyl sites for hydroxylation is 1. The second-order valence-electron chi connectivity index (χ2n) is 4.17. The van der Waals surface area contributed by atoms with Crippen LogP contribution < -0.4 is 0 Å². The number of hydrogen-bond acceptors (Lipinski definition) is 1. The zero-order chi connectivity index (χ0) is 11.4. The summed E-state index contributed by atoms with van der Waals surface area (Å²) in [6, 6.07) is 2.53. The Hall–Kier alpha value is -1.05. The predicted molar refractivity (Wildman–Crippen MR) is 63.5 cm³/mol. The molecule has 0 amide bonds. The van der Waals surface area contributed by atoms with Crippen molar-refractivity contribution in [3.05, 3.63) is 23.0 Å². The van der Waals surface area contributed by atoms with Crippen LogP contribution in [-0.2, 0) is 0 Å². The first kappa shape index (κ1) is 12.0. The lowest BCUT2D eigenvalue weighted by Crippen LogP contribution is -2.11. The zero-order valence-electron chi connectivity index (χ0n) is 10.2. The lowest BCUT2D eigenvalue weighted by molar-refractivity contribution is 0.112. The van der Waals surface area contributed by atoms with Gasteiger partial charge in [-0.3, -0.25) is 4.79 Å². The van der Waals surface area contributed by atoms with Crippen LogP contribution in [0.25, 0.3) is 0 Å². The maximum atomic E-state index is 10.8. The van der Waals surface area contributed by atoms with Crippen molar-refractivity contribution in [1.82, 2.24) is 4.57 Å². The summed E-state index contributed by atoms with van der Waals surface area (Å²) in [6.07, 6.45) is 4.46. The van der Waals surface area contributed by atoms with Crippen molar-refractivity contribution < 1.29 is 4.79 Å². The molecular formula is C13H21NO. The third-order valence-corrected chi connectivity index (χ3v) is 3.11. The lowest BCUT2D eigenvalue weighted by Gasteiger charge is -2.20. The molecule has 2 nitrogen and oxygen atoms in total. The minimum atomic E-state index is 0.545. The Morgan fingerprint density at radius 2 is 2.07 bits per heavy atom. The van der Waals surface area contributed by atoms with Crippen molar-refractivity contribution in [3.8, 4) is 0 Å². The molecular weight excluding hydrogens is 186 g/mol. The van der Waals surface area contributed by atoms with Gasteiger partial charge in [-0.05, 0) is 32.8 Å². The van der Waals surface area contributed by atoms with Gasteiger partial charge in [0, 0.05) is 23.0 Å². The molecule has 0 bridgehead atoms. The molecule has 1 unspecified atom stereocenters. The van der Waals surface area contributed by atoms with E-state index < -0.39 is 0 Å². The summed E-state index contributed by atoms with van der Waals surface area (Å²) in [4.78, 5) is 10.8. The molecule has 1 atom stereocenters. The highest BCUT2D eigenvalue weighted by atomic mass is 16.1. The van der Waals surface area contributed by atoms with Gasteiger partial charge in [-0.25, -0.2) is 0 Å². The first-order valence-corrected chi connectivity index (χ1v) is 5.79. The first-order chi connectivity index (χ1) is 7.15. The van der Waals surface area contributed by atoms with E-state index in [0.29, 0.717) is 6.04 Å². The SMILES string of the molecule is CCCC(CC)n1c(C)cc(C=O)c1C. The third kappa shape index (κ3) is 2.31. The Morgan fingerprint density at radius 3 is 2.47 bits per heavy atom. The minimum absolute atomic E-state index is 0.545. The van der Waals surface area contributed by atoms with E-state index in [4.69, 9.17) is 0 Å². The Kier molecular flexibility index (Phi) is 4.13. The van der Waals surface area contributed by atoms with Gasteiger partial charge in [-0.1, -0.05) is 20.3 Å². The Bertz CT molecular complexity index is 339. The van der Waals surface area contributed by atoms with Crippen molar-refractivity contribution in [1.29, 1.82) is 0 Å². The predicted octanol–water partition coefficient (Wildman–Crippen LogP) is 3.67. The summed E-state index contributed by atoms with van der Waals surface area (Å²) >= 11 is 0. The normalized spacial score (nSPS) is 12.8. The van der Waals surface area contributed by atoms with Crippen molar-refractivity contribution in [2.24, 2.45) is 0 Å². The fraction of sp³-hybridized carbons (Fsp3) is 0.615. The average Bonchev–Trinajstić information content (AvgIpc) is 2.51. The second-order valence-corrected chi connectivity index (χ2v) is 4.17. The molecule has 84 valence electrons. The molecule has 0 saturated heterocycles. The Morgan fingerprint density at radius 1 is 1.40 bits per heavy atom. The standard InChI is InChI=1S/C13H21NO/c1-5-7-13(6-2)14-10(3)8-12(9-15)11(14)4/h8-9,13H,5-7H2,1-4H3. The maximum Gasteiger partial charge on any atom is 0.151 e. The molecule has 2 heteroatoms. The van der Waals surface area contributed by atoms with E-state index in [-0.39, 0.29) is 0 Å². The molecule has 0 aliphatic rings. The van der Waals surface area contributed by atoms with E-state index in [1.807, 2.05) is 13.0 Å². The fourth-order valence-corrected chi connectivity index (χ4v) is 2.33. The van der Waals surface area contributed by atoms with Gasteiger partial charge in [0.15, 0.2) is 6.29 Å². The minimum Gasteiger partial charge on any atom is -0.345 e. The molecule has 0 fully saturated rings. The topological polar surface area (TPSA) is 22.0 Å². The van der Waals surface area contributed by atoms with Crippen LogP contribution in [0.2, 0.25) is 0 Å². The van der Waals surface area contributed by atoms with Gasteiger partial charge in [0.05, 0.1) is 0 Å². The molecule has 1 heterocycles. The van der Waals surface area contributed by atoms with Crippen LogP contribution >= 0.6 is 0 Å². The quantitative estimate of drug-likeness (QED) is 0.675. The van der Waals surface area contributed by atoms with Gasteiger partial charge < -0.3 is 4.57 Å². The molecule has 1 aromatic heterocycles. The summed E-state index contributed by atoms with van der Waals surface area (Å²) in [7, 11) is 0. The molecule has 0 radical (unpaired) electrons. The van der Waals surface area contributed by atoms with Crippen molar-refractivity contribution in [2.75, 3.05) is 0 Å². The van der Waals surface area contributed by atoms with Crippen molar-refractivity contribution in [3.63, 3.8) is 0 Å². The maximum absolute atomic E-state index is 10.8. The van der Waals surface area contributed by atoms with E-state index in [0.717, 1.165) is 24.0 Å². The molecule has 0 saturated carbocycles. The van der Waals surface area contributed by atoms with Crippen LogP contribution in [0.4, 0.5) is 0 Å². The molecule has 0 spiro atoms. The second kappa shape index (κ2) is 5.15. The van der Waals surface area contributed by atoms with Crippen LogP contribution in [0.15, 0.2) is 6.07 Å². The van der Waals surface area contributed by atoms with Crippen LogP contribution in [0.5, 0.6) is 0 Å². The third-order valence-electron chi connectivity index (χ3n) is 3.11. The monoisotopic (exact) mass is 207 g/mol. The molecule has 0 N–H and O–H groups in total. The molecule has 0 aliphatic heterocycles. The Labute approximate surface area is 92.3 Å². The van der Waals surface area contributed by atoms with E-state index in [2.05, 4.69) is 25.3 Å². The van der Waals surface area contributed by atoms with E-state index in [1.165, 1.54) is 18.5 Å². The van der Waals surface area contributed by atoms with E-state index >= 15 is 0 Å². The summed E-state index contributed by atoms with van der Waals surface area (Å²) in [5.41, 5.74) is 3.15. The highest BCUT2D eigenvalue weighted by Crippen LogP contribution is 2.25. The Balaban J connectivity index is 3.10. The van der Waals surface area contributed by atoms with Gasteiger partial charge in [0.1, 0.15) is 0 Å². The van der Waals surface area contributed by atoms with E-state index in [1.54, 1.807) is 0 Å². The number of aromatic nitrogens is 1. The number of nitrogens with zero attached hydrogens (tertiary/aromatic N) is 1. The fourth-order valence-electron chi connectivity index (χ4n) is 2.33. The van der Waals surface area contributed by atoms with E-state index in [9.17, 15) is 4.79 Å². The number of carbonyl (C=O) groups is 1. The molecule has 0 aromatic carbocycles. The van der Waals surface area contributed by atoms with Crippen molar-refractivity contribution in [2.45, 2.75) is 53.0 Å². The number of aldehydes is 1. The highest BCUT2D eigenvalue weighted by molar-refractivity contribution is 5.77. The van der Waals surface area contributed by atoms with Crippen LogP contribution in [0.3, 0.4) is 0 Å². The molecule has 15 heavy (non-hydrogen) atoms. The molecule has 0 aliphatic carbocycles. The summed E-state index contributed by atoms with van der Waals surface area (Å²) in [5, 5.41) is 0. The summed E-state index contributed by atoms with van der Waals surface area (Å²) < 4.78 is 2.31. The molecule has 1 rings (SSSR count). The van der Waals surface area contributed by atoms with Gasteiger partial charge >= 0.3 is 0 Å². The smallest absolute Gasteiger partial charge is 0.151 e. The first-order valence-electron chi connectivity index (χ1n) is 5.79. The molecule has 1 aromatic rings. The lowest BCUT2D eigenvalue weighted by atomic mass is 10.1. The summed E-state index contributed by atoms with van der Waals surface area (Å²) in [6.45, 7) is 8.53. The van der Waals surface area contributed by atoms with Crippen LogP contribution in [0.1, 0.15) is 60.9 Å². The van der Waals surface area contributed by atoms with Gasteiger partial charge in [-0.2, -0.15) is 0 Å². The van der Waals surface area contributed by atoms with Crippen LogP contribution in [0, 0.1) is 13.8 Å². The zero-order valence-corrected chi connectivity index (χ0v) is 10.2. The number of carbonyl (C=O) groups excluding carboxylic acids is 1. The summed E-state index contributed by atoms with van der Waals surface area (Å²) in [5.74, 6) is 0.